The molecule has 8 rings (SSSR count). The summed E-state index contributed by atoms with van der Waals surface area (Å²) in [5, 5.41) is 30.5. The first-order valence-electron chi connectivity index (χ1n) is 23.1. The molecule has 2 fully saturated rings. The molecule has 2 aromatic heterocycles. The van der Waals surface area contributed by atoms with Crippen molar-refractivity contribution >= 4 is 63.6 Å². The Labute approximate surface area is 432 Å². The van der Waals surface area contributed by atoms with Gasteiger partial charge >= 0.3 is 12.4 Å². The maximum Gasteiger partial charge on any atom is 0.436 e. The number of hydrogen-bond acceptors (Lipinski definition) is 11. The Morgan fingerprint density at radius 1 is 0.625 bits per heavy atom. The highest BCUT2D eigenvalue weighted by molar-refractivity contribution is 6.33. The van der Waals surface area contributed by atoms with Gasteiger partial charge in [0.1, 0.15) is 11.5 Å². The molecule has 4 atom stereocenters. The van der Waals surface area contributed by atoms with Crippen LogP contribution >= 0.6 is 46.4 Å². The number of benzene rings is 2. The molecule has 2 N–H and O–H groups in total. The van der Waals surface area contributed by atoms with Crippen LogP contribution in [0.2, 0.25) is 20.1 Å². The topological polar surface area (TPSA) is 125 Å². The third kappa shape index (κ3) is 11.8. The van der Waals surface area contributed by atoms with Gasteiger partial charge in [-0.25, -0.2) is 0 Å². The highest BCUT2D eigenvalue weighted by Gasteiger charge is 2.45. The second-order valence-electron chi connectivity index (χ2n) is 18.2. The molecule has 13 nitrogen and oxygen atoms in total. The molecular formula is C49H52Cl4F6N8O5. The summed E-state index contributed by atoms with van der Waals surface area (Å²) < 4.78 is 101. The molecule has 23 heteroatoms. The lowest BCUT2D eigenvalue weighted by atomic mass is 9.90. The second kappa shape index (κ2) is 21.6. The minimum atomic E-state index is -5.03. The average Bonchev–Trinajstić information content (AvgIpc) is 3.83. The number of ether oxygens (including phenoxy) is 2. The first-order chi connectivity index (χ1) is 34.1. The zero-order valence-corrected chi connectivity index (χ0v) is 42.1. The third-order valence-electron chi connectivity index (χ3n) is 13.6. The van der Waals surface area contributed by atoms with Gasteiger partial charge in [0.25, 0.3) is 0 Å². The van der Waals surface area contributed by atoms with Crippen molar-refractivity contribution in [3.63, 3.8) is 0 Å². The van der Waals surface area contributed by atoms with E-state index < -0.39 is 88.8 Å². The van der Waals surface area contributed by atoms with Gasteiger partial charge in [0.05, 0.1) is 82.1 Å². The number of methoxy groups -OCH3 is 2. The summed E-state index contributed by atoms with van der Waals surface area (Å²) in [4.78, 5) is 23.7. The number of Topliss-reactive ketones (excluding diaryl/α,β-unsaturated/α-hetero) is 1. The molecule has 0 spiro atoms. The van der Waals surface area contributed by atoms with Crippen LogP contribution in [0.25, 0.3) is 0 Å². The van der Waals surface area contributed by atoms with Crippen LogP contribution in [0.1, 0.15) is 35.6 Å². The Kier molecular flexibility index (Phi) is 16.1. The number of ketones is 1. The van der Waals surface area contributed by atoms with Crippen LogP contribution in [0.15, 0.2) is 85.0 Å². The van der Waals surface area contributed by atoms with Crippen molar-refractivity contribution in [2.24, 2.45) is 0 Å². The lowest BCUT2D eigenvalue weighted by molar-refractivity contribution is -0.142. The number of anilines is 2. The summed E-state index contributed by atoms with van der Waals surface area (Å²) in [6.45, 7) is 1.09. The van der Waals surface area contributed by atoms with E-state index in [4.69, 9.17) is 55.9 Å². The minimum absolute atomic E-state index is 0.0545. The number of carbonyl (C=O) groups excluding carboxylic acids is 1. The molecule has 2 aliphatic carbocycles. The SMILES string of the molecule is COc1cc(N2CCN(C(Cn3nc(C(F)(F)F)c(Cl)c3CC3(O)C=CC=CC3)C(=O)C(Cn3nc(C(F)(F)F)c(Cl)c3CC3(O)C=CC=CC3)N3CCN(c4ccc(Cl)c(OC)c4)CC3)CC2)ccc1Cl. The number of hydrogen-bond donors (Lipinski definition) is 2. The van der Waals surface area contributed by atoms with Crippen molar-refractivity contribution in [2.75, 3.05) is 76.4 Å². The molecule has 0 bridgehead atoms. The van der Waals surface area contributed by atoms with Gasteiger partial charge in [0.2, 0.25) is 0 Å². The van der Waals surface area contributed by atoms with E-state index in [-0.39, 0.29) is 50.4 Å². The predicted octanol–water partition coefficient (Wildman–Crippen LogP) is 8.98. The predicted molar refractivity (Wildman–Crippen MR) is 264 cm³/mol. The quantitative estimate of drug-likeness (QED) is 0.105. The van der Waals surface area contributed by atoms with Crippen LogP contribution in [-0.2, 0) is 43.1 Å². The lowest BCUT2D eigenvalue weighted by Gasteiger charge is -2.44. The monoisotopic (exact) mass is 1090 g/mol. The molecule has 2 saturated heterocycles. The fourth-order valence-corrected chi connectivity index (χ4v) is 10.7. The van der Waals surface area contributed by atoms with E-state index in [1.165, 1.54) is 26.4 Å². The summed E-state index contributed by atoms with van der Waals surface area (Å²) in [5.41, 5.74) is -4.93. The van der Waals surface area contributed by atoms with Crippen molar-refractivity contribution < 1.29 is 50.8 Å². The van der Waals surface area contributed by atoms with Gasteiger partial charge in [0, 0.05) is 88.7 Å². The highest BCUT2D eigenvalue weighted by Crippen LogP contribution is 2.41. The van der Waals surface area contributed by atoms with Crippen molar-refractivity contribution in [1.29, 1.82) is 0 Å². The van der Waals surface area contributed by atoms with Gasteiger partial charge in [-0.15, -0.1) is 0 Å². The molecule has 2 aromatic carbocycles. The molecule has 4 unspecified atom stereocenters. The molecule has 0 saturated carbocycles. The number of allylic oxidation sites excluding steroid dienone is 4. The van der Waals surface area contributed by atoms with E-state index in [1.54, 1.807) is 60.7 Å². The Morgan fingerprint density at radius 3 is 1.32 bits per heavy atom. The normalized spacial score (nSPS) is 21.9. The van der Waals surface area contributed by atoms with Crippen LogP contribution < -0.4 is 19.3 Å². The molecule has 0 radical (unpaired) electrons. The minimum Gasteiger partial charge on any atom is -0.495 e. The number of alkyl halides is 6. The van der Waals surface area contributed by atoms with Crippen molar-refractivity contribution in [3.8, 4) is 11.5 Å². The second-order valence-corrected chi connectivity index (χ2v) is 19.8. The largest absolute Gasteiger partial charge is 0.495 e. The Balaban J connectivity index is 1.22. The van der Waals surface area contributed by atoms with Crippen LogP contribution in [-0.4, -0.2) is 135 Å². The molecule has 388 valence electrons. The van der Waals surface area contributed by atoms with Gasteiger partial charge in [-0.05, 0) is 37.1 Å². The third-order valence-corrected chi connectivity index (χ3v) is 15.0. The van der Waals surface area contributed by atoms with Gasteiger partial charge in [-0.3, -0.25) is 24.0 Å². The first-order valence-corrected chi connectivity index (χ1v) is 24.6. The number of aliphatic hydroxyl groups is 2. The summed E-state index contributed by atoms with van der Waals surface area (Å²) in [5.74, 6) is 0.311. The zero-order valence-electron chi connectivity index (χ0n) is 39.1. The van der Waals surface area contributed by atoms with E-state index in [1.807, 2.05) is 31.7 Å². The van der Waals surface area contributed by atoms with Crippen LogP contribution in [0.5, 0.6) is 11.5 Å². The van der Waals surface area contributed by atoms with Gasteiger partial charge in [-0.2, -0.15) is 36.5 Å². The van der Waals surface area contributed by atoms with E-state index >= 15 is 4.79 Å². The molecule has 4 aromatic rings. The molecule has 4 heterocycles. The summed E-state index contributed by atoms with van der Waals surface area (Å²) in [6.07, 6.45) is 2.01. The Hall–Kier alpha value is -4.73. The van der Waals surface area contributed by atoms with Crippen LogP contribution in [0.3, 0.4) is 0 Å². The summed E-state index contributed by atoms with van der Waals surface area (Å²) >= 11 is 25.8. The Bertz CT molecular complexity index is 2570. The molecule has 2 aliphatic heterocycles. The van der Waals surface area contributed by atoms with Crippen LogP contribution in [0, 0.1) is 0 Å². The number of nitrogens with zero attached hydrogens (tertiary/aromatic N) is 8. The highest BCUT2D eigenvalue weighted by atomic mass is 35.5. The van der Waals surface area contributed by atoms with Crippen molar-refractivity contribution in [2.45, 2.75) is 74.4 Å². The zero-order chi connectivity index (χ0) is 51.8. The summed E-state index contributed by atoms with van der Waals surface area (Å²) in [7, 11) is 2.97. The van der Waals surface area contributed by atoms with E-state index in [9.17, 15) is 36.6 Å². The maximum atomic E-state index is 16.0. The van der Waals surface area contributed by atoms with E-state index in [0.29, 0.717) is 47.7 Å². The molecule has 0 amide bonds. The maximum absolute atomic E-state index is 16.0. The number of halogens is 10. The van der Waals surface area contributed by atoms with E-state index in [0.717, 1.165) is 20.7 Å². The number of rotatable bonds is 16. The number of carbonyl (C=O) groups is 1. The standard InChI is InChI=1S/C49H52Cl4F6N8O5/c1-71-39-25-31(9-11-33(39)50)62-17-21-64(22-18-62)37(29-66-35(27-46(69)13-5-3-6-14-46)41(52)44(60-66)48(54,55)56)43(68)38(65-23-19-63(20-24-65)32-10-12-34(51)40(26-32)72-2)30-67-36(28-47(70)15-7-4-8-16-47)42(53)45(61-67)49(57,58)59/h3-13,15,25-26,37-38,69-70H,14,16-24,27-30H2,1-2H3. The first kappa shape index (κ1) is 53.6. The van der Waals surface area contributed by atoms with Crippen LogP contribution in [0.4, 0.5) is 37.7 Å². The Morgan fingerprint density at radius 2 is 1.00 bits per heavy atom. The van der Waals surface area contributed by atoms with Crippen molar-refractivity contribution in [3.05, 3.63) is 128 Å². The number of piperazine rings is 2. The van der Waals surface area contributed by atoms with Gasteiger partial charge in [-0.1, -0.05) is 95.0 Å². The van der Waals surface area contributed by atoms with E-state index in [2.05, 4.69) is 10.2 Å². The van der Waals surface area contributed by atoms with Crippen molar-refractivity contribution in [1.82, 2.24) is 29.4 Å². The summed E-state index contributed by atoms with van der Waals surface area (Å²) in [6, 6.07) is 7.98. The lowest BCUT2D eigenvalue weighted by Crippen LogP contribution is -2.61. The fraction of sp³-hybridized carbons (Fsp3) is 0.449. The molecular weight excluding hydrogens is 1040 g/mol. The smallest absolute Gasteiger partial charge is 0.436 e. The average molecular weight is 1090 g/mol. The molecule has 4 aliphatic rings. The fourth-order valence-electron chi connectivity index (χ4n) is 9.70. The number of aromatic nitrogens is 4. The van der Waals surface area contributed by atoms with Gasteiger partial charge in [0.15, 0.2) is 17.2 Å². The molecule has 72 heavy (non-hydrogen) atoms. The van der Waals surface area contributed by atoms with Gasteiger partial charge < -0.3 is 29.5 Å².